The maximum Gasteiger partial charge on any atom is -1.00 e. The SMILES string of the molecule is CC1=[C-]C(C)(C)c2cc3c(cc21)-c1cc2c(cc1C3)C(C)(C)C=C2C.Cc1cc(C(C)(C)C)c[cH-]1.FC(F)(F)c1ccc([C](=[Zr+2])c2ccc(C(F)(F)F)cc2)cc1.[Cl-].[Cl-]. The van der Waals surface area contributed by atoms with E-state index in [4.69, 9.17) is 0 Å². The summed E-state index contributed by atoms with van der Waals surface area (Å²) in [5.74, 6) is 0. The summed E-state index contributed by atoms with van der Waals surface area (Å²) in [4.78, 5) is 0. The van der Waals surface area contributed by atoms with Gasteiger partial charge in [0.1, 0.15) is 0 Å². The Bertz CT molecular complexity index is 2270. The van der Waals surface area contributed by atoms with Gasteiger partial charge >= 0.3 is 137 Å². The average Bonchev–Trinajstić information content (AvgIpc) is 3.83. The van der Waals surface area contributed by atoms with Crippen LogP contribution in [0.1, 0.15) is 129 Å². The molecule has 59 heavy (non-hydrogen) atoms. The number of allylic oxidation sites excluding steroid dienone is 4. The molecule has 0 saturated heterocycles. The molecule has 0 amide bonds. The van der Waals surface area contributed by atoms with Crippen LogP contribution in [0.15, 0.2) is 97.1 Å². The minimum Gasteiger partial charge on any atom is -1.00 e. The Morgan fingerprint density at radius 3 is 1.49 bits per heavy atom. The van der Waals surface area contributed by atoms with Crippen molar-refractivity contribution < 1.29 is 75.4 Å². The molecule has 310 valence electrons. The number of hydrogen-bond donors (Lipinski definition) is 0. The van der Waals surface area contributed by atoms with Crippen molar-refractivity contribution in [2.75, 3.05) is 0 Å². The molecule has 0 radical (unpaired) electrons. The third kappa shape index (κ3) is 10.2. The van der Waals surface area contributed by atoms with E-state index in [1.165, 1.54) is 91.0 Å². The van der Waals surface area contributed by atoms with E-state index < -0.39 is 23.5 Å². The van der Waals surface area contributed by atoms with Gasteiger partial charge in [0.05, 0.1) is 0 Å². The first-order valence-corrected chi connectivity index (χ1v) is 20.3. The Labute approximate surface area is 372 Å². The second-order valence-electron chi connectivity index (χ2n) is 17.7. The predicted octanol–water partition coefficient (Wildman–Crippen LogP) is 8.31. The molecule has 0 nitrogen and oxygen atoms in total. The molecule has 0 spiro atoms. The molecule has 0 unspecified atom stereocenters. The maximum absolute atomic E-state index is 12.5. The van der Waals surface area contributed by atoms with Gasteiger partial charge in [-0.1, -0.05) is 91.4 Å². The third-order valence-electron chi connectivity index (χ3n) is 11.2. The molecule has 0 N–H and O–H groups in total. The van der Waals surface area contributed by atoms with E-state index >= 15 is 0 Å². The van der Waals surface area contributed by atoms with Crippen molar-refractivity contribution >= 4 is 14.4 Å². The summed E-state index contributed by atoms with van der Waals surface area (Å²) in [6.45, 7) is 22.5. The molecule has 9 heteroatoms. The number of hydrogen-bond acceptors (Lipinski definition) is 0. The van der Waals surface area contributed by atoms with Crippen LogP contribution in [-0.2, 0) is 59.3 Å². The van der Waals surface area contributed by atoms with Crippen molar-refractivity contribution in [3.05, 3.63) is 170 Å². The van der Waals surface area contributed by atoms with Crippen LogP contribution >= 0.6 is 0 Å². The fraction of sp³-hybridized carbons (Fsp3) is 0.320. The van der Waals surface area contributed by atoms with Crippen molar-refractivity contribution in [3.63, 3.8) is 0 Å². The van der Waals surface area contributed by atoms with Crippen LogP contribution in [-0.4, -0.2) is 3.21 Å². The number of aryl methyl sites for hydroxylation is 1. The van der Waals surface area contributed by atoms with Crippen LogP contribution < -0.4 is 24.8 Å². The Hall–Kier alpha value is -3.38. The van der Waals surface area contributed by atoms with Crippen molar-refractivity contribution in [1.29, 1.82) is 0 Å². The average molecular weight is 925 g/mol. The fourth-order valence-electron chi connectivity index (χ4n) is 8.12. The van der Waals surface area contributed by atoms with Crippen LogP contribution in [0.5, 0.6) is 0 Å². The summed E-state index contributed by atoms with van der Waals surface area (Å²) in [7, 11) is 0. The van der Waals surface area contributed by atoms with Gasteiger partial charge in [0.25, 0.3) is 0 Å². The van der Waals surface area contributed by atoms with Gasteiger partial charge < -0.3 is 24.8 Å². The molecule has 3 aliphatic carbocycles. The van der Waals surface area contributed by atoms with Crippen LogP contribution in [0.25, 0.3) is 22.3 Å². The van der Waals surface area contributed by atoms with Gasteiger partial charge in [-0.15, -0.1) is 11.6 Å². The summed E-state index contributed by atoms with van der Waals surface area (Å²) in [5, 5.41) is 0. The van der Waals surface area contributed by atoms with Crippen molar-refractivity contribution in [1.82, 2.24) is 0 Å². The minimum atomic E-state index is -4.41. The van der Waals surface area contributed by atoms with Crippen LogP contribution in [0.4, 0.5) is 26.3 Å². The first-order valence-electron chi connectivity index (χ1n) is 19.1. The molecular formula is C50H48Cl2F6Zr-2. The van der Waals surface area contributed by atoms with Gasteiger partial charge in [-0.3, -0.25) is 6.08 Å². The van der Waals surface area contributed by atoms with Crippen LogP contribution in [0, 0.1) is 13.0 Å². The number of alkyl halides is 6. The van der Waals surface area contributed by atoms with Gasteiger partial charge in [0.15, 0.2) is 0 Å². The van der Waals surface area contributed by atoms with Gasteiger partial charge in [0.2, 0.25) is 0 Å². The normalized spacial score (nSPS) is 15.4. The van der Waals surface area contributed by atoms with Gasteiger partial charge in [-0.25, -0.2) is 11.6 Å². The van der Waals surface area contributed by atoms with E-state index in [1.807, 2.05) is 0 Å². The standard InChI is InChI=1S/C25H25.C15H8F6.C10H15.2ClH.Zr/c1-14-12-24(3,4)22-8-16-7-17-9-23-19(15(2)13-25(23,5)6)11-21(17)20(16)10-18(14)22;16-14(17,18)12-5-1-10(2-6-12)9-11-3-7-13(8-4-11)15(19,20)21;1-8-5-6-9(7-8)10(2,3)4;;;/h8-12H,7H2,1-6H3;1-8H;5-7H,1-4H3;2*1H;/q-1;;-1;;;+2/p-2. The molecule has 0 saturated carbocycles. The zero-order valence-electron chi connectivity index (χ0n) is 35.0. The van der Waals surface area contributed by atoms with Gasteiger partial charge in [0, 0.05) is 5.41 Å². The maximum atomic E-state index is 12.5. The van der Waals surface area contributed by atoms with E-state index in [1.54, 1.807) is 0 Å². The zero-order valence-corrected chi connectivity index (χ0v) is 38.9. The number of benzene rings is 4. The topological polar surface area (TPSA) is 0 Å². The molecule has 0 atom stereocenters. The van der Waals surface area contributed by atoms with E-state index in [0.717, 1.165) is 54.9 Å². The second kappa shape index (κ2) is 17.2. The fourth-order valence-corrected chi connectivity index (χ4v) is 8.94. The minimum absolute atomic E-state index is 0. The van der Waals surface area contributed by atoms with Crippen LogP contribution in [0.2, 0.25) is 0 Å². The summed E-state index contributed by atoms with van der Waals surface area (Å²) >= 11 is 0.898. The summed E-state index contributed by atoms with van der Waals surface area (Å²) in [6, 6.07) is 25.6. The molecule has 0 aliphatic heterocycles. The Kier molecular flexibility index (Phi) is 14.1. The molecular weight excluding hydrogens is 877 g/mol. The molecule has 3 aliphatic rings. The van der Waals surface area contributed by atoms with E-state index in [-0.39, 0.29) is 35.6 Å². The molecule has 0 heterocycles. The van der Waals surface area contributed by atoms with Crippen LogP contribution in [0.3, 0.4) is 0 Å². The summed E-state index contributed by atoms with van der Waals surface area (Å²) < 4.78 is 75.6. The zero-order chi connectivity index (χ0) is 42.0. The number of halogens is 8. The third-order valence-corrected chi connectivity index (χ3v) is 12.6. The van der Waals surface area contributed by atoms with Gasteiger partial charge in [-0.05, 0) is 58.4 Å². The summed E-state index contributed by atoms with van der Waals surface area (Å²) in [6.07, 6.45) is -1.68. The Morgan fingerprint density at radius 2 is 1.08 bits per heavy atom. The molecule has 8 rings (SSSR count). The van der Waals surface area contributed by atoms with E-state index in [0.29, 0.717) is 19.7 Å². The van der Waals surface area contributed by atoms with E-state index in [2.05, 4.69) is 124 Å². The smallest absolute Gasteiger partial charge is 1.00 e. The van der Waals surface area contributed by atoms with E-state index in [9.17, 15) is 26.3 Å². The van der Waals surface area contributed by atoms with Crippen molar-refractivity contribution in [2.45, 2.75) is 104 Å². The molecule has 0 bridgehead atoms. The molecule has 5 aromatic carbocycles. The first-order chi connectivity index (χ1) is 26.3. The molecule has 5 aromatic rings. The van der Waals surface area contributed by atoms with Crippen molar-refractivity contribution in [2.24, 2.45) is 0 Å². The number of fused-ring (bicyclic) bond motifs is 5. The predicted molar refractivity (Wildman–Crippen MR) is 218 cm³/mol. The van der Waals surface area contributed by atoms with Gasteiger partial charge in [-0.2, -0.15) is 28.8 Å². The largest absolute Gasteiger partial charge is 1.00 e. The quantitative estimate of drug-likeness (QED) is 0.121. The molecule has 0 fully saturated rings. The Balaban J connectivity index is 0.000000208. The second-order valence-corrected chi connectivity index (χ2v) is 18.9. The number of rotatable bonds is 2. The first kappa shape index (κ1) is 48.3. The summed E-state index contributed by atoms with van der Waals surface area (Å²) in [5.41, 5.74) is 17.3. The monoisotopic (exact) mass is 922 g/mol. The molecule has 0 aromatic heterocycles. The Morgan fingerprint density at radius 1 is 0.627 bits per heavy atom. The van der Waals surface area contributed by atoms with Crippen molar-refractivity contribution in [3.8, 4) is 11.1 Å².